The molecule has 0 N–H and O–H groups in total. The summed E-state index contributed by atoms with van der Waals surface area (Å²) < 4.78 is 195. The number of benzene rings is 1. The summed E-state index contributed by atoms with van der Waals surface area (Å²) in [6, 6.07) is 3.93. The van der Waals surface area contributed by atoms with Crippen molar-refractivity contribution in [2.45, 2.75) is 349 Å². The first-order valence-electron chi connectivity index (χ1n) is 43.4. The molecule has 0 bridgehead atoms. The average molecular weight is 2020 g/mol. The van der Waals surface area contributed by atoms with Gasteiger partial charge in [-0.15, -0.1) is 0 Å². The first kappa shape index (κ1) is 116. The van der Waals surface area contributed by atoms with Gasteiger partial charge in [-0.1, -0.05) is 18.2 Å². The molecule has 6 aliphatic heterocycles. The molecule has 0 radical (unpaired) electrons. The van der Waals surface area contributed by atoms with Gasteiger partial charge in [0.1, 0.15) is 94.6 Å². The standard InChI is InChI=1S/C87H114O54/c1-34(88)109-28-58-64(118-40(7)94)70(121-43(10)97)79(130-52(19)106)85(136-58)139-67-61(31-112-37(4)91)133-82(76(127-49(16)103)73(67)124-46(13)100)115-25-55-22-23-56(26-116-83-77(128-50(17)104)74(125-47(14)101)68(62(134-83)32-113-38(5)92)140-86-80(131-53(20)107)71(122-44(11)98)65(119-41(8)95)59(137-86)29-110-35(2)89)57(24-55)27-117-84-78(129-51(18)105)75(126-48(15)102)69(63(135-84)33-114-39(6)93)141-87-81(132-54(21)108)72(123-45(12)99)66(120-42(9)96)60(138-87)30-111-36(3)90/h22-24,58-87H,25-33H2,1-21H3/t58-,59-,60-,61-,62-,63-,64+,65+,66+,67-,68-,69-,70+,71+,72+,73+,74+,75+,76-,77-,78-,79-,80-,81-,82-,83-,84-,85+,86+,87+/m1/s1. The maximum absolute atomic E-state index is 13.7. The molecule has 6 aliphatic rings. The fraction of sp³-hybridized carbons (Fsp3) is 0.690. The minimum absolute atomic E-state index is 0.00542. The second-order valence-corrected chi connectivity index (χ2v) is 32.0. The van der Waals surface area contributed by atoms with Gasteiger partial charge >= 0.3 is 125 Å². The number of esters is 21. The van der Waals surface area contributed by atoms with Crippen molar-refractivity contribution in [1.29, 1.82) is 0 Å². The Hall–Kier alpha value is -12.4. The third-order valence-corrected chi connectivity index (χ3v) is 20.1. The van der Waals surface area contributed by atoms with Crippen molar-refractivity contribution in [3.63, 3.8) is 0 Å². The van der Waals surface area contributed by atoms with Gasteiger partial charge in [-0.25, -0.2) is 0 Å². The lowest BCUT2D eigenvalue weighted by molar-refractivity contribution is -0.362. The van der Waals surface area contributed by atoms with E-state index in [1.165, 1.54) is 18.2 Å². The van der Waals surface area contributed by atoms with Crippen LogP contribution < -0.4 is 0 Å². The highest BCUT2D eigenvalue weighted by molar-refractivity contribution is 5.74. The summed E-state index contributed by atoms with van der Waals surface area (Å²) in [6.07, 6.45) is -58.6. The summed E-state index contributed by atoms with van der Waals surface area (Å²) in [6.45, 7) is 11.9. The number of carbonyl (C=O) groups excluding carboxylic acids is 21. The van der Waals surface area contributed by atoms with E-state index >= 15 is 0 Å². The Morgan fingerprint density at radius 3 is 0.553 bits per heavy atom. The SMILES string of the molecule is CC(=O)OC[C@H]1O[C@@H](O[C@H]2[C@H](OC(C)=O)[C@@H](OC(C)=O)[C@H](OCc3ccc(CO[C@@H]4O[C@H](COC(C)=O)[C@@H](O[C@@H]5O[C@H](COC(C)=O)[C@H](OC(C)=O)[C@H](OC(C)=O)[C@H]5OC(C)=O)[C@H](OC(C)=O)[C@H]4OC(C)=O)c(CO[C@@H]4O[C@H](COC(C)=O)[C@@H](O[C@@H]5O[C@H](COC(C)=O)[C@H](OC(C)=O)[C@H](OC(C)=O)[C@H]5OC(C)=O)[C@H](OC(C)=O)[C@H]4OC(C)=O)c3)O[C@@H]2COC(C)=O)[C@H](OC(C)=O)[C@@H](OC(C)=O)[C@H]1OC(C)=O. The van der Waals surface area contributed by atoms with Gasteiger partial charge in [-0.05, 0) is 16.7 Å². The van der Waals surface area contributed by atoms with Crippen LogP contribution in [-0.4, -0.2) is 349 Å². The minimum Gasteiger partial charge on any atom is -0.463 e. The van der Waals surface area contributed by atoms with Crippen LogP contribution in [0.15, 0.2) is 18.2 Å². The minimum atomic E-state index is -2.15. The first-order valence-corrected chi connectivity index (χ1v) is 43.4. The van der Waals surface area contributed by atoms with Crippen molar-refractivity contribution in [2.24, 2.45) is 0 Å². The molecule has 0 unspecified atom stereocenters. The maximum atomic E-state index is 13.7. The van der Waals surface area contributed by atoms with Crippen LogP contribution in [0.4, 0.5) is 0 Å². The molecule has 1 aromatic carbocycles. The Bertz CT molecular complexity index is 4640. The lowest BCUT2D eigenvalue weighted by Gasteiger charge is -2.48. The molecule has 0 aromatic heterocycles. The van der Waals surface area contributed by atoms with Crippen LogP contribution in [0.25, 0.3) is 0 Å². The summed E-state index contributed by atoms with van der Waals surface area (Å²) in [5.74, 6) is -22.3. The molecule has 141 heavy (non-hydrogen) atoms. The summed E-state index contributed by atoms with van der Waals surface area (Å²) in [7, 11) is 0. The Labute approximate surface area is 803 Å². The normalized spacial score (nSPS) is 30.4. The summed E-state index contributed by atoms with van der Waals surface area (Å²) in [4.78, 5) is 274. The Balaban J connectivity index is 1.43. The quantitative estimate of drug-likeness (QED) is 0.0565. The van der Waals surface area contributed by atoms with E-state index in [2.05, 4.69) is 0 Å². The molecule has 54 heteroatoms. The molecule has 30 atom stereocenters. The van der Waals surface area contributed by atoms with Crippen molar-refractivity contribution >= 4 is 125 Å². The fourth-order valence-electron chi connectivity index (χ4n) is 15.4. The number of carbonyl (C=O) groups is 21. The molecule has 786 valence electrons. The second-order valence-electron chi connectivity index (χ2n) is 32.0. The lowest BCUT2D eigenvalue weighted by atomic mass is 9.95. The third kappa shape index (κ3) is 35.7. The van der Waals surface area contributed by atoms with E-state index in [-0.39, 0.29) is 16.7 Å². The van der Waals surface area contributed by atoms with Gasteiger partial charge in [0.25, 0.3) is 0 Å². The van der Waals surface area contributed by atoms with Crippen LogP contribution in [0.1, 0.15) is 162 Å². The number of ether oxygens (including phenoxy) is 33. The zero-order valence-corrected chi connectivity index (χ0v) is 80.5. The predicted octanol–water partition coefficient (Wildman–Crippen LogP) is -0.905. The van der Waals surface area contributed by atoms with Gasteiger partial charge < -0.3 is 156 Å². The number of hydrogen-bond donors (Lipinski definition) is 0. The molecule has 7 rings (SSSR count). The van der Waals surface area contributed by atoms with Gasteiger partial charge in [0.2, 0.25) is 0 Å². The van der Waals surface area contributed by atoms with Crippen molar-refractivity contribution in [1.82, 2.24) is 0 Å². The largest absolute Gasteiger partial charge is 0.463 e. The maximum Gasteiger partial charge on any atom is 0.303 e. The molecule has 6 heterocycles. The van der Waals surface area contributed by atoms with Crippen molar-refractivity contribution in [3.8, 4) is 0 Å². The van der Waals surface area contributed by atoms with E-state index in [9.17, 15) is 101 Å². The van der Waals surface area contributed by atoms with Gasteiger partial charge in [0, 0.05) is 145 Å². The fourth-order valence-corrected chi connectivity index (χ4v) is 15.4. The second kappa shape index (κ2) is 54.0. The smallest absolute Gasteiger partial charge is 0.303 e. The highest BCUT2D eigenvalue weighted by Crippen LogP contribution is 2.42. The lowest BCUT2D eigenvalue weighted by Crippen LogP contribution is -2.67. The van der Waals surface area contributed by atoms with Crippen LogP contribution in [-0.2, 0) is 277 Å². The molecule has 6 saturated heterocycles. The van der Waals surface area contributed by atoms with Crippen LogP contribution in [0.2, 0.25) is 0 Å². The molecule has 54 nitrogen and oxygen atoms in total. The summed E-state index contributed by atoms with van der Waals surface area (Å²) in [5, 5.41) is 0. The van der Waals surface area contributed by atoms with Crippen LogP contribution in [0.3, 0.4) is 0 Å². The van der Waals surface area contributed by atoms with Crippen LogP contribution in [0, 0.1) is 0 Å². The number of rotatable bonds is 42. The molecule has 0 amide bonds. The van der Waals surface area contributed by atoms with Crippen molar-refractivity contribution in [2.75, 3.05) is 39.6 Å². The Morgan fingerprint density at radius 2 is 0.348 bits per heavy atom. The summed E-state index contributed by atoms with van der Waals surface area (Å²) in [5.41, 5.74) is -0.196. The summed E-state index contributed by atoms with van der Waals surface area (Å²) >= 11 is 0. The topological polar surface area (TPSA) is 663 Å². The Kier molecular flexibility index (Phi) is 44.3. The van der Waals surface area contributed by atoms with Gasteiger partial charge in [0.15, 0.2) is 129 Å². The first-order chi connectivity index (χ1) is 66.2. The van der Waals surface area contributed by atoms with E-state index in [1.54, 1.807) is 0 Å². The molecule has 6 fully saturated rings. The van der Waals surface area contributed by atoms with Crippen LogP contribution >= 0.6 is 0 Å². The van der Waals surface area contributed by atoms with Gasteiger partial charge in [-0.2, -0.15) is 0 Å². The average Bonchev–Trinajstić information content (AvgIpc) is 0.769. The zero-order chi connectivity index (χ0) is 105. The van der Waals surface area contributed by atoms with Crippen LogP contribution in [0.5, 0.6) is 0 Å². The number of hydrogen-bond acceptors (Lipinski definition) is 54. The van der Waals surface area contributed by atoms with Gasteiger partial charge in [0.05, 0.1) is 19.8 Å². The Morgan fingerprint density at radius 1 is 0.184 bits per heavy atom. The molecule has 0 aliphatic carbocycles. The monoisotopic (exact) mass is 2020 g/mol. The molecular weight excluding hydrogens is 1910 g/mol. The van der Waals surface area contributed by atoms with Gasteiger partial charge in [-0.3, -0.25) is 101 Å². The van der Waals surface area contributed by atoms with Crippen molar-refractivity contribution < 1.29 is 257 Å². The van der Waals surface area contributed by atoms with E-state index in [4.69, 9.17) is 156 Å². The predicted molar refractivity (Wildman–Crippen MR) is 441 cm³/mol. The van der Waals surface area contributed by atoms with E-state index in [0.29, 0.717) is 0 Å². The highest BCUT2D eigenvalue weighted by Gasteiger charge is 2.63. The highest BCUT2D eigenvalue weighted by atomic mass is 16.8. The van der Waals surface area contributed by atoms with E-state index in [0.717, 1.165) is 145 Å². The molecule has 0 spiro atoms. The van der Waals surface area contributed by atoms with E-state index < -0.39 is 369 Å². The van der Waals surface area contributed by atoms with Crippen molar-refractivity contribution in [3.05, 3.63) is 34.9 Å². The third-order valence-electron chi connectivity index (χ3n) is 20.1. The zero-order valence-electron chi connectivity index (χ0n) is 80.5. The molecule has 0 saturated carbocycles. The molecular formula is C87H114O54. The molecule has 1 aromatic rings. The van der Waals surface area contributed by atoms with E-state index in [1.807, 2.05) is 0 Å².